The predicted octanol–water partition coefficient (Wildman–Crippen LogP) is 2.65. The van der Waals surface area contributed by atoms with E-state index in [-0.39, 0.29) is 11.5 Å². The molecule has 0 amide bonds. The molecule has 15 heavy (non-hydrogen) atoms. The predicted molar refractivity (Wildman–Crippen MR) is 61.7 cm³/mol. The fourth-order valence-electron chi connectivity index (χ4n) is 2.51. The van der Waals surface area contributed by atoms with Gasteiger partial charge in [0.2, 0.25) is 0 Å². The number of halogens is 1. The van der Waals surface area contributed by atoms with Crippen molar-refractivity contribution in [2.75, 3.05) is 0 Å². The highest BCUT2D eigenvalue weighted by Gasteiger charge is 2.37. The van der Waals surface area contributed by atoms with Gasteiger partial charge >= 0.3 is 0 Å². The SMILES string of the molecule is Cn1cc(Cl)c([C@H](N)C2(C)CCCC2)n1. The number of aromatic nitrogens is 2. The molecule has 0 saturated heterocycles. The molecule has 0 unspecified atom stereocenters. The summed E-state index contributed by atoms with van der Waals surface area (Å²) >= 11 is 6.12. The van der Waals surface area contributed by atoms with Crippen molar-refractivity contribution in [2.45, 2.75) is 38.6 Å². The van der Waals surface area contributed by atoms with Gasteiger partial charge in [-0.3, -0.25) is 4.68 Å². The summed E-state index contributed by atoms with van der Waals surface area (Å²) in [6.45, 7) is 2.25. The molecule has 0 aromatic carbocycles. The van der Waals surface area contributed by atoms with Crippen LogP contribution in [0.3, 0.4) is 0 Å². The number of hydrogen-bond donors (Lipinski definition) is 1. The van der Waals surface area contributed by atoms with Gasteiger partial charge in [-0.05, 0) is 18.3 Å². The molecule has 0 bridgehead atoms. The average molecular weight is 228 g/mol. The highest BCUT2D eigenvalue weighted by atomic mass is 35.5. The van der Waals surface area contributed by atoms with E-state index in [0.717, 1.165) is 5.69 Å². The van der Waals surface area contributed by atoms with E-state index in [0.29, 0.717) is 5.02 Å². The second kappa shape index (κ2) is 3.80. The molecule has 1 aromatic heterocycles. The average Bonchev–Trinajstić information content (AvgIpc) is 2.73. The number of nitrogens with zero attached hydrogens (tertiary/aromatic N) is 2. The second-order valence-electron chi connectivity index (χ2n) is 4.87. The molecule has 1 aliphatic rings. The zero-order chi connectivity index (χ0) is 11.1. The van der Waals surface area contributed by atoms with Crippen molar-refractivity contribution in [3.8, 4) is 0 Å². The quantitative estimate of drug-likeness (QED) is 0.844. The van der Waals surface area contributed by atoms with Gasteiger partial charge in [0.25, 0.3) is 0 Å². The molecule has 2 N–H and O–H groups in total. The van der Waals surface area contributed by atoms with Gasteiger partial charge in [0.1, 0.15) is 0 Å². The minimum Gasteiger partial charge on any atom is -0.322 e. The van der Waals surface area contributed by atoms with Crippen molar-refractivity contribution in [2.24, 2.45) is 18.2 Å². The van der Waals surface area contributed by atoms with Crippen LogP contribution in [0.15, 0.2) is 6.20 Å². The lowest BCUT2D eigenvalue weighted by atomic mass is 9.79. The molecule has 1 heterocycles. The molecule has 1 fully saturated rings. The minimum atomic E-state index is -0.0336. The summed E-state index contributed by atoms with van der Waals surface area (Å²) < 4.78 is 1.73. The Morgan fingerprint density at radius 1 is 1.53 bits per heavy atom. The maximum absolute atomic E-state index is 6.29. The first-order valence-electron chi connectivity index (χ1n) is 5.47. The van der Waals surface area contributed by atoms with E-state index in [9.17, 15) is 0 Å². The fourth-order valence-corrected chi connectivity index (χ4v) is 2.81. The van der Waals surface area contributed by atoms with Crippen LogP contribution >= 0.6 is 11.6 Å². The van der Waals surface area contributed by atoms with Gasteiger partial charge < -0.3 is 5.73 Å². The third-order valence-electron chi connectivity index (χ3n) is 3.60. The lowest BCUT2D eigenvalue weighted by Gasteiger charge is -2.30. The molecule has 1 aliphatic carbocycles. The van der Waals surface area contributed by atoms with Crippen molar-refractivity contribution in [3.63, 3.8) is 0 Å². The van der Waals surface area contributed by atoms with E-state index in [4.69, 9.17) is 17.3 Å². The Morgan fingerprint density at radius 3 is 2.60 bits per heavy atom. The van der Waals surface area contributed by atoms with E-state index in [1.54, 1.807) is 4.68 Å². The number of rotatable bonds is 2. The Balaban J connectivity index is 2.27. The van der Waals surface area contributed by atoms with Crippen LogP contribution in [-0.2, 0) is 7.05 Å². The number of nitrogens with two attached hydrogens (primary N) is 1. The Kier molecular flexibility index (Phi) is 2.77. The van der Waals surface area contributed by atoms with E-state index >= 15 is 0 Å². The first kappa shape index (κ1) is 11.0. The van der Waals surface area contributed by atoms with Gasteiger partial charge in [-0.1, -0.05) is 31.4 Å². The zero-order valence-corrected chi connectivity index (χ0v) is 10.1. The van der Waals surface area contributed by atoms with Crippen molar-refractivity contribution in [1.29, 1.82) is 0 Å². The first-order valence-corrected chi connectivity index (χ1v) is 5.85. The van der Waals surface area contributed by atoms with E-state index in [1.165, 1.54) is 25.7 Å². The summed E-state index contributed by atoms with van der Waals surface area (Å²) in [5.74, 6) is 0. The van der Waals surface area contributed by atoms with E-state index < -0.39 is 0 Å². The molecule has 84 valence electrons. The van der Waals surface area contributed by atoms with Gasteiger partial charge in [0.15, 0.2) is 0 Å². The topological polar surface area (TPSA) is 43.8 Å². The summed E-state index contributed by atoms with van der Waals surface area (Å²) in [4.78, 5) is 0. The van der Waals surface area contributed by atoms with Crippen LogP contribution < -0.4 is 5.73 Å². The van der Waals surface area contributed by atoms with E-state index in [2.05, 4.69) is 12.0 Å². The molecule has 0 radical (unpaired) electrons. The van der Waals surface area contributed by atoms with Gasteiger partial charge in [-0.25, -0.2) is 0 Å². The molecule has 0 spiro atoms. The van der Waals surface area contributed by atoms with Crippen LogP contribution in [0.1, 0.15) is 44.3 Å². The third kappa shape index (κ3) is 1.91. The third-order valence-corrected chi connectivity index (χ3v) is 3.89. The Labute approximate surface area is 95.6 Å². The normalized spacial score (nSPS) is 21.9. The summed E-state index contributed by atoms with van der Waals surface area (Å²) in [5, 5.41) is 5.05. The summed E-state index contributed by atoms with van der Waals surface area (Å²) in [6, 6.07) is -0.0336. The molecular formula is C11H18ClN3. The fraction of sp³-hybridized carbons (Fsp3) is 0.727. The lowest BCUT2D eigenvalue weighted by Crippen LogP contribution is -2.30. The first-order chi connectivity index (χ1) is 7.03. The summed E-state index contributed by atoms with van der Waals surface area (Å²) in [5.41, 5.74) is 7.32. The zero-order valence-electron chi connectivity index (χ0n) is 9.33. The largest absolute Gasteiger partial charge is 0.322 e. The molecule has 0 aliphatic heterocycles. The van der Waals surface area contributed by atoms with Crippen LogP contribution in [0.2, 0.25) is 5.02 Å². The van der Waals surface area contributed by atoms with Gasteiger partial charge in [-0.2, -0.15) is 5.10 Å². The second-order valence-corrected chi connectivity index (χ2v) is 5.28. The molecular weight excluding hydrogens is 210 g/mol. The molecule has 1 saturated carbocycles. The maximum atomic E-state index is 6.29. The molecule has 3 nitrogen and oxygen atoms in total. The standard InChI is InChI=1S/C11H18ClN3/c1-11(5-3-4-6-11)10(13)9-8(12)7-15(2)14-9/h7,10H,3-6,13H2,1-2H3/t10-/m0/s1. The van der Waals surface area contributed by atoms with Crippen LogP contribution in [0.5, 0.6) is 0 Å². The van der Waals surface area contributed by atoms with Crippen LogP contribution in [0.25, 0.3) is 0 Å². The van der Waals surface area contributed by atoms with Crippen molar-refractivity contribution >= 4 is 11.6 Å². The minimum absolute atomic E-state index is 0.0336. The Hall–Kier alpha value is -0.540. The highest BCUT2D eigenvalue weighted by molar-refractivity contribution is 6.31. The number of aryl methyl sites for hydroxylation is 1. The van der Waals surface area contributed by atoms with Crippen LogP contribution in [0, 0.1) is 5.41 Å². The number of hydrogen-bond acceptors (Lipinski definition) is 2. The van der Waals surface area contributed by atoms with Gasteiger partial charge in [0.05, 0.1) is 16.8 Å². The smallest absolute Gasteiger partial charge is 0.0983 e. The maximum Gasteiger partial charge on any atom is 0.0983 e. The summed E-state index contributed by atoms with van der Waals surface area (Å²) in [7, 11) is 1.87. The van der Waals surface area contributed by atoms with Gasteiger partial charge in [0, 0.05) is 13.2 Å². The Bertz CT molecular complexity index is 353. The molecule has 2 rings (SSSR count). The van der Waals surface area contributed by atoms with Crippen molar-refractivity contribution in [3.05, 3.63) is 16.9 Å². The Morgan fingerprint density at radius 2 is 2.13 bits per heavy atom. The monoisotopic (exact) mass is 227 g/mol. The molecule has 4 heteroatoms. The van der Waals surface area contributed by atoms with E-state index in [1.807, 2.05) is 13.2 Å². The molecule has 1 atom stereocenters. The van der Waals surface area contributed by atoms with Crippen LogP contribution in [-0.4, -0.2) is 9.78 Å². The highest BCUT2D eigenvalue weighted by Crippen LogP contribution is 2.46. The van der Waals surface area contributed by atoms with Crippen LogP contribution in [0.4, 0.5) is 0 Å². The van der Waals surface area contributed by atoms with Crippen molar-refractivity contribution in [1.82, 2.24) is 9.78 Å². The summed E-state index contributed by atoms with van der Waals surface area (Å²) in [6.07, 6.45) is 6.72. The molecule has 1 aromatic rings. The van der Waals surface area contributed by atoms with Crippen molar-refractivity contribution < 1.29 is 0 Å². The van der Waals surface area contributed by atoms with Gasteiger partial charge in [-0.15, -0.1) is 0 Å². The lowest BCUT2D eigenvalue weighted by molar-refractivity contribution is 0.260.